The third-order valence-electron chi connectivity index (χ3n) is 4.59. The number of aromatic amines is 1. The summed E-state index contributed by atoms with van der Waals surface area (Å²) >= 11 is 0. The van der Waals surface area contributed by atoms with Gasteiger partial charge in [0.2, 0.25) is 0 Å². The largest absolute Gasteiger partial charge is 0.482 e. The van der Waals surface area contributed by atoms with Crippen LogP contribution in [0.4, 0.5) is 0 Å². The lowest BCUT2D eigenvalue weighted by Crippen LogP contribution is -2.18. The molecule has 4 rings (SSSR count). The summed E-state index contributed by atoms with van der Waals surface area (Å²) in [5, 5.41) is 0.492. The third kappa shape index (κ3) is 4.72. The molecule has 0 aliphatic carbocycles. The van der Waals surface area contributed by atoms with Crippen LogP contribution in [0.15, 0.2) is 83.7 Å². The second-order valence-electron chi connectivity index (χ2n) is 6.75. The van der Waals surface area contributed by atoms with E-state index >= 15 is 0 Å². The maximum Gasteiger partial charge on any atom is 0.344 e. The van der Waals surface area contributed by atoms with E-state index in [4.69, 9.17) is 9.47 Å². The van der Waals surface area contributed by atoms with Gasteiger partial charge < -0.3 is 14.5 Å². The lowest BCUT2D eigenvalue weighted by Gasteiger charge is -2.11. The number of carbonyl (C=O) groups is 1. The number of ether oxygens (including phenoxy) is 2. The maximum absolute atomic E-state index is 12.1. The minimum Gasteiger partial charge on any atom is -0.482 e. The highest BCUT2D eigenvalue weighted by Crippen LogP contribution is 2.21. The van der Waals surface area contributed by atoms with E-state index in [0.717, 1.165) is 11.1 Å². The number of carbonyl (C=O) groups excluding carboxylic acids is 1. The summed E-state index contributed by atoms with van der Waals surface area (Å²) in [5.41, 5.74) is 2.43. The van der Waals surface area contributed by atoms with E-state index in [1.807, 2.05) is 54.6 Å². The number of rotatable bonds is 7. The van der Waals surface area contributed by atoms with E-state index in [9.17, 15) is 9.59 Å². The summed E-state index contributed by atoms with van der Waals surface area (Å²) in [6.45, 7) is -0.364. The molecule has 0 aliphatic rings. The van der Waals surface area contributed by atoms with Crippen LogP contribution in [0.1, 0.15) is 17.0 Å². The Bertz CT molecular complexity index is 1220. The molecule has 0 fully saturated rings. The van der Waals surface area contributed by atoms with Crippen molar-refractivity contribution < 1.29 is 14.3 Å². The molecular weight excluding hydrogens is 380 g/mol. The van der Waals surface area contributed by atoms with Crippen molar-refractivity contribution in [3.63, 3.8) is 0 Å². The number of nitrogens with one attached hydrogen (secondary N) is 1. The van der Waals surface area contributed by atoms with Gasteiger partial charge in [-0.25, -0.2) is 9.78 Å². The lowest BCUT2D eigenvalue weighted by atomic mass is 10.0. The predicted octanol–water partition coefficient (Wildman–Crippen LogP) is 3.64. The van der Waals surface area contributed by atoms with E-state index in [1.54, 1.807) is 24.3 Å². The van der Waals surface area contributed by atoms with Gasteiger partial charge >= 0.3 is 5.97 Å². The van der Waals surface area contributed by atoms with Gasteiger partial charge in [-0.05, 0) is 29.3 Å². The van der Waals surface area contributed by atoms with Gasteiger partial charge in [-0.2, -0.15) is 0 Å². The molecule has 0 saturated heterocycles. The maximum atomic E-state index is 12.1. The number of fused-ring (bicyclic) bond motifs is 1. The fraction of sp³-hybridized carbons (Fsp3) is 0.125. The topological polar surface area (TPSA) is 81.3 Å². The molecule has 30 heavy (non-hydrogen) atoms. The summed E-state index contributed by atoms with van der Waals surface area (Å²) in [6.07, 6.45) is 0.703. The molecule has 1 aromatic heterocycles. The van der Waals surface area contributed by atoms with Gasteiger partial charge in [0.15, 0.2) is 6.61 Å². The SMILES string of the molecule is O=C(COc1ccccc1Cc1ccccc1)OCc1nc2ccccc2c(=O)[nH]1. The van der Waals surface area contributed by atoms with Crippen LogP contribution in [0, 0.1) is 0 Å². The van der Waals surface area contributed by atoms with Crippen molar-refractivity contribution in [2.24, 2.45) is 0 Å². The van der Waals surface area contributed by atoms with Crippen LogP contribution in [-0.2, 0) is 22.6 Å². The van der Waals surface area contributed by atoms with Gasteiger partial charge in [-0.3, -0.25) is 4.79 Å². The van der Waals surface area contributed by atoms with E-state index in [1.165, 1.54) is 0 Å². The van der Waals surface area contributed by atoms with Gasteiger partial charge in [0.05, 0.1) is 10.9 Å². The highest BCUT2D eigenvalue weighted by Gasteiger charge is 2.10. The fourth-order valence-electron chi connectivity index (χ4n) is 3.14. The molecule has 0 spiro atoms. The first kappa shape index (κ1) is 19.4. The molecule has 1 heterocycles. The molecule has 1 N–H and O–H groups in total. The van der Waals surface area contributed by atoms with Gasteiger partial charge in [-0.15, -0.1) is 0 Å². The van der Waals surface area contributed by atoms with Crippen molar-refractivity contribution in [2.45, 2.75) is 13.0 Å². The highest BCUT2D eigenvalue weighted by molar-refractivity contribution is 5.77. The molecule has 3 aromatic carbocycles. The number of esters is 1. The molecule has 150 valence electrons. The number of hydrogen-bond acceptors (Lipinski definition) is 5. The normalized spacial score (nSPS) is 10.7. The Balaban J connectivity index is 1.36. The third-order valence-corrected chi connectivity index (χ3v) is 4.59. The number of aromatic nitrogens is 2. The van der Waals surface area contributed by atoms with Crippen molar-refractivity contribution in [3.8, 4) is 5.75 Å². The van der Waals surface area contributed by atoms with Gasteiger partial charge in [0.25, 0.3) is 5.56 Å². The number of hydrogen-bond donors (Lipinski definition) is 1. The Hall–Kier alpha value is -3.93. The smallest absolute Gasteiger partial charge is 0.344 e. The van der Waals surface area contributed by atoms with Crippen molar-refractivity contribution in [1.82, 2.24) is 9.97 Å². The van der Waals surface area contributed by atoms with Crippen LogP contribution in [-0.4, -0.2) is 22.5 Å². The summed E-state index contributed by atoms with van der Waals surface area (Å²) in [7, 11) is 0. The number of nitrogens with zero attached hydrogens (tertiary/aromatic N) is 1. The van der Waals surface area contributed by atoms with Crippen LogP contribution >= 0.6 is 0 Å². The van der Waals surface area contributed by atoms with Crippen molar-refractivity contribution in [3.05, 3.63) is 106 Å². The van der Waals surface area contributed by atoms with Gasteiger partial charge in [-0.1, -0.05) is 60.7 Å². The number of para-hydroxylation sites is 2. The first-order valence-corrected chi connectivity index (χ1v) is 9.57. The van der Waals surface area contributed by atoms with E-state index in [2.05, 4.69) is 9.97 Å². The Kier molecular flexibility index (Phi) is 5.85. The first-order valence-electron chi connectivity index (χ1n) is 9.57. The summed E-state index contributed by atoms with van der Waals surface area (Å²) in [6, 6.07) is 24.6. The zero-order valence-electron chi connectivity index (χ0n) is 16.2. The van der Waals surface area contributed by atoms with Crippen LogP contribution in [0.25, 0.3) is 10.9 Å². The molecule has 4 aromatic rings. The van der Waals surface area contributed by atoms with E-state index < -0.39 is 5.97 Å². The molecule has 0 saturated carbocycles. The Morgan fingerprint density at radius 2 is 1.63 bits per heavy atom. The first-order chi connectivity index (χ1) is 14.7. The molecular formula is C24H20N2O4. The van der Waals surface area contributed by atoms with Crippen LogP contribution < -0.4 is 10.3 Å². The molecule has 6 heteroatoms. The van der Waals surface area contributed by atoms with Crippen LogP contribution in [0.3, 0.4) is 0 Å². The molecule has 0 amide bonds. The fourth-order valence-corrected chi connectivity index (χ4v) is 3.14. The molecule has 0 radical (unpaired) electrons. The Morgan fingerprint density at radius 3 is 2.50 bits per heavy atom. The molecule has 6 nitrogen and oxygen atoms in total. The summed E-state index contributed by atoms with van der Waals surface area (Å²) in [4.78, 5) is 31.2. The van der Waals surface area contributed by atoms with Crippen LogP contribution in [0.2, 0.25) is 0 Å². The number of benzene rings is 3. The second-order valence-corrected chi connectivity index (χ2v) is 6.75. The monoisotopic (exact) mass is 400 g/mol. The Morgan fingerprint density at radius 1 is 0.900 bits per heavy atom. The van der Waals surface area contributed by atoms with Gasteiger partial charge in [0, 0.05) is 6.42 Å². The standard InChI is InChI=1S/C24H20N2O4/c27-23(30-15-22-25-20-12-6-5-11-19(20)24(28)26-22)16-29-21-13-7-4-10-18(21)14-17-8-2-1-3-9-17/h1-13H,14-16H2,(H,25,26,28). The zero-order chi connectivity index (χ0) is 20.8. The van der Waals surface area contributed by atoms with E-state index in [0.29, 0.717) is 23.1 Å². The zero-order valence-corrected chi connectivity index (χ0v) is 16.2. The predicted molar refractivity (Wildman–Crippen MR) is 113 cm³/mol. The average Bonchev–Trinajstić information content (AvgIpc) is 2.78. The summed E-state index contributed by atoms with van der Waals surface area (Å²) in [5.74, 6) is 0.382. The molecule has 0 atom stereocenters. The quantitative estimate of drug-likeness (QED) is 0.479. The molecule has 0 unspecified atom stereocenters. The van der Waals surface area contributed by atoms with Crippen molar-refractivity contribution in [1.29, 1.82) is 0 Å². The second kappa shape index (κ2) is 9.05. The molecule has 0 aliphatic heterocycles. The van der Waals surface area contributed by atoms with Crippen molar-refractivity contribution >= 4 is 16.9 Å². The molecule has 0 bridgehead atoms. The summed E-state index contributed by atoms with van der Waals surface area (Å²) < 4.78 is 10.9. The lowest BCUT2D eigenvalue weighted by molar-refractivity contribution is -0.147. The van der Waals surface area contributed by atoms with Crippen LogP contribution in [0.5, 0.6) is 5.75 Å². The highest BCUT2D eigenvalue weighted by atomic mass is 16.6. The minimum atomic E-state index is -0.541. The van der Waals surface area contributed by atoms with E-state index in [-0.39, 0.29) is 24.6 Å². The minimum absolute atomic E-state index is 0.131. The van der Waals surface area contributed by atoms with Crippen molar-refractivity contribution in [2.75, 3.05) is 6.61 Å². The average molecular weight is 400 g/mol. The van der Waals surface area contributed by atoms with Gasteiger partial charge in [0.1, 0.15) is 18.2 Å². The number of H-pyrrole nitrogens is 1. The Labute approximate surface area is 173 Å².